The number of nitrogens with zero attached hydrogens (tertiary/aromatic N) is 1. The van der Waals surface area contributed by atoms with E-state index in [0.29, 0.717) is 19.1 Å². The van der Waals surface area contributed by atoms with Crippen molar-refractivity contribution in [3.05, 3.63) is 0 Å². The molecule has 0 spiro atoms. The molecule has 0 heterocycles. The van der Waals surface area contributed by atoms with Crippen LogP contribution in [0.2, 0.25) is 0 Å². The molecule has 0 aliphatic rings. The van der Waals surface area contributed by atoms with Gasteiger partial charge in [-0.1, -0.05) is 0 Å². The zero-order valence-electron chi connectivity index (χ0n) is 10.7. The summed E-state index contributed by atoms with van der Waals surface area (Å²) in [4.78, 5) is 12.3. The van der Waals surface area contributed by atoms with Crippen LogP contribution in [-0.4, -0.2) is 63.8 Å². The fourth-order valence-electron chi connectivity index (χ4n) is 1.41. The molecule has 0 radical (unpaired) electrons. The zero-order valence-corrected chi connectivity index (χ0v) is 10.7. The van der Waals surface area contributed by atoms with E-state index >= 15 is 0 Å². The minimum atomic E-state index is 0.470. The third kappa shape index (κ3) is 8.64. The maximum Gasteiger partial charge on any atom is 0.293 e. The standard InChI is InChI=1S/C11H25N3O2/c1-11(2)14(8-9-16-10-15)7-6-13-5-4-12-3/h10-13H,4-9H2,1-3H3. The van der Waals surface area contributed by atoms with Crippen LogP contribution in [0.3, 0.4) is 0 Å². The first kappa shape index (κ1) is 15.3. The Kier molecular flexibility index (Phi) is 10.4. The number of carbonyl (C=O) groups is 1. The van der Waals surface area contributed by atoms with Crippen LogP contribution < -0.4 is 10.6 Å². The van der Waals surface area contributed by atoms with Gasteiger partial charge in [0.25, 0.3) is 6.47 Å². The monoisotopic (exact) mass is 231 g/mol. The average molecular weight is 231 g/mol. The average Bonchev–Trinajstić information content (AvgIpc) is 2.26. The van der Waals surface area contributed by atoms with Crippen LogP contribution in [0, 0.1) is 0 Å². The van der Waals surface area contributed by atoms with E-state index in [4.69, 9.17) is 4.74 Å². The van der Waals surface area contributed by atoms with Crippen molar-refractivity contribution in [2.24, 2.45) is 0 Å². The van der Waals surface area contributed by atoms with Crippen LogP contribution in [0.1, 0.15) is 13.8 Å². The molecule has 96 valence electrons. The molecule has 0 rings (SSSR count). The van der Waals surface area contributed by atoms with Crippen LogP contribution in [0.5, 0.6) is 0 Å². The fourth-order valence-corrected chi connectivity index (χ4v) is 1.41. The van der Waals surface area contributed by atoms with Gasteiger partial charge in [-0.25, -0.2) is 0 Å². The molecule has 0 saturated heterocycles. The SMILES string of the molecule is CNCCNCCN(CCOC=O)C(C)C. The molecule has 0 aromatic rings. The van der Waals surface area contributed by atoms with E-state index in [2.05, 4.69) is 29.4 Å². The van der Waals surface area contributed by atoms with E-state index in [1.807, 2.05) is 7.05 Å². The Labute approximate surface area is 98.5 Å². The van der Waals surface area contributed by atoms with Crippen molar-refractivity contribution in [2.75, 3.05) is 46.4 Å². The quantitative estimate of drug-likeness (QED) is 0.377. The number of hydrogen-bond acceptors (Lipinski definition) is 5. The molecule has 0 atom stereocenters. The Hall–Kier alpha value is -0.650. The van der Waals surface area contributed by atoms with Gasteiger partial charge in [0.2, 0.25) is 0 Å². The highest BCUT2D eigenvalue weighted by atomic mass is 16.5. The topological polar surface area (TPSA) is 53.6 Å². The van der Waals surface area contributed by atoms with E-state index in [1.54, 1.807) is 0 Å². The van der Waals surface area contributed by atoms with Gasteiger partial charge in [0, 0.05) is 38.8 Å². The highest BCUT2D eigenvalue weighted by molar-refractivity contribution is 5.36. The van der Waals surface area contributed by atoms with E-state index in [1.165, 1.54) is 0 Å². The van der Waals surface area contributed by atoms with Crippen molar-refractivity contribution in [1.82, 2.24) is 15.5 Å². The number of ether oxygens (including phenoxy) is 1. The van der Waals surface area contributed by atoms with Crippen molar-refractivity contribution < 1.29 is 9.53 Å². The number of rotatable bonds is 11. The van der Waals surface area contributed by atoms with Crippen molar-refractivity contribution in [3.8, 4) is 0 Å². The van der Waals surface area contributed by atoms with Crippen molar-refractivity contribution >= 4 is 6.47 Å². The van der Waals surface area contributed by atoms with Crippen LogP contribution in [0.15, 0.2) is 0 Å². The number of likely N-dealkylation sites (N-methyl/N-ethyl adjacent to an activating group) is 1. The Bertz CT molecular complexity index is 165. The van der Waals surface area contributed by atoms with E-state index < -0.39 is 0 Å². The molecule has 5 nitrogen and oxygen atoms in total. The number of hydrogen-bond donors (Lipinski definition) is 2. The second-order valence-electron chi connectivity index (χ2n) is 3.95. The molecule has 0 saturated carbocycles. The van der Waals surface area contributed by atoms with Crippen LogP contribution in [-0.2, 0) is 9.53 Å². The fraction of sp³-hybridized carbons (Fsp3) is 0.909. The molecular weight excluding hydrogens is 206 g/mol. The van der Waals surface area contributed by atoms with Gasteiger partial charge in [-0.15, -0.1) is 0 Å². The van der Waals surface area contributed by atoms with E-state index in [-0.39, 0.29) is 0 Å². The largest absolute Gasteiger partial charge is 0.467 e. The predicted octanol–water partition coefficient (Wildman–Crippen LogP) is -0.321. The third-order valence-corrected chi connectivity index (χ3v) is 2.42. The Balaban J connectivity index is 3.55. The summed E-state index contributed by atoms with van der Waals surface area (Å²) in [7, 11) is 1.94. The summed E-state index contributed by atoms with van der Waals surface area (Å²) in [5, 5.41) is 6.43. The van der Waals surface area contributed by atoms with Crippen LogP contribution >= 0.6 is 0 Å². The lowest BCUT2D eigenvalue weighted by atomic mass is 10.3. The summed E-state index contributed by atoms with van der Waals surface area (Å²) < 4.78 is 4.71. The highest BCUT2D eigenvalue weighted by Crippen LogP contribution is 1.96. The van der Waals surface area contributed by atoms with Gasteiger partial charge >= 0.3 is 0 Å². The molecule has 16 heavy (non-hydrogen) atoms. The van der Waals surface area contributed by atoms with Crippen molar-refractivity contribution in [2.45, 2.75) is 19.9 Å². The molecular formula is C11H25N3O2. The van der Waals surface area contributed by atoms with E-state index in [9.17, 15) is 4.79 Å². The van der Waals surface area contributed by atoms with Crippen molar-refractivity contribution in [3.63, 3.8) is 0 Å². The van der Waals surface area contributed by atoms with E-state index in [0.717, 1.165) is 32.7 Å². The van der Waals surface area contributed by atoms with Gasteiger partial charge in [-0.3, -0.25) is 9.69 Å². The van der Waals surface area contributed by atoms with Gasteiger partial charge in [-0.2, -0.15) is 0 Å². The maximum absolute atomic E-state index is 10.0. The Morgan fingerprint density at radius 1 is 1.25 bits per heavy atom. The minimum Gasteiger partial charge on any atom is -0.467 e. The van der Waals surface area contributed by atoms with Gasteiger partial charge in [0.1, 0.15) is 6.61 Å². The molecule has 0 unspecified atom stereocenters. The third-order valence-electron chi connectivity index (χ3n) is 2.42. The maximum atomic E-state index is 10.0. The summed E-state index contributed by atoms with van der Waals surface area (Å²) in [5.41, 5.74) is 0. The lowest BCUT2D eigenvalue weighted by Gasteiger charge is -2.25. The van der Waals surface area contributed by atoms with Gasteiger partial charge < -0.3 is 15.4 Å². The van der Waals surface area contributed by atoms with Gasteiger partial charge in [-0.05, 0) is 20.9 Å². The van der Waals surface area contributed by atoms with Crippen molar-refractivity contribution in [1.29, 1.82) is 0 Å². The Morgan fingerprint density at radius 2 is 2.00 bits per heavy atom. The Morgan fingerprint density at radius 3 is 2.56 bits per heavy atom. The molecule has 0 bridgehead atoms. The molecule has 0 aliphatic heterocycles. The lowest BCUT2D eigenvalue weighted by Crippen LogP contribution is -2.40. The lowest BCUT2D eigenvalue weighted by molar-refractivity contribution is -0.129. The molecule has 0 amide bonds. The predicted molar refractivity (Wildman–Crippen MR) is 65.5 cm³/mol. The summed E-state index contributed by atoms with van der Waals surface area (Å²) in [5.74, 6) is 0. The number of nitrogens with one attached hydrogen (secondary N) is 2. The summed E-state index contributed by atoms with van der Waals surface area (Å²) in [6, 6.07) is 0.473. The first-order chi connectivity index (χ1) is 7.72. The van der Waals surface area contributed by atoms with Gasteiger partial charge in [0.05, 0.1) is 0 Å². The number of carbonyl (C=O) groups excluding carboxylic acids is 1. The normalized spacial score (nSPS) is 11.1. The van der Waals surface area contributed by atoms with Crippen LogP contribution in [0.4, 0.5) is 0 Å². The highest BCUT2D eigenvalue weighted by Gasteiger charge is 2.08. The molecule has 5 heteroatoms. The first-order valence-corrected chi connectivity index (χ1v) is 5.87. The van der Waals surface area contributed by atoms with Crippen LogP contribution in [0.25, 0.3) is 0 Å². The minimum absolute atomic E-state index is 0.470. The summed E-state index contributed by atoms with van der Waals surface area (Å²) >= 11 is 0. The molecule has 0 fully saturated rings. The summed E-state index contributed by atoms with van der Waals surface area (Å²) in [6.45, 7) is 9.96. The second-order valence-corrected chi connectivity index (χ2v) is 3.95. The first-order valence-electron chi connectivity index (χ1n) is 5.87. The van der Waals surface area contributed by atoms with Gasteiger partial charge in [0.15, 0.2) is 0 Å². The molecule has 0 aromatic heterocycles. The molecule has 0 aliphatic carbocycles. The smallest absolute Gasteiger partial charge is 0.293 e. The summed E-state index contributed by atoms with van der Waals surface area (Å²) in [6.07, 6.45) is 0. The molecule has 2 N–H and O–H groups in total. The zero-order chi connectivity index (χ0) is 12.2. The second kappa shape index (κ2) is 10.9. The molecule has 0 aromatic carbocycles.